The summed E-state index contributed by atoms with van der Waals surface area (Å²) in [6.45, 7) is 6.10. The van der Waals surface area contributed by atoms with E-state index in [2.05, 4.69) is 0 Å². The third-order valence-electron chi connectivity index (χ3n) is 2.79. The van der Waals surface area contributed by atoms with Crippen LogP contribution in [0.25, 0.3) is 0 Å². The van der Waals surface area contributed by atoms with Crippen LogP contribution < -0.4 is 0 Å². The minimum Gasteiger partial charge on any atom is -0.298 e. The van der Waals surface area contributed by atoms with Gasteiger partial charge in [0.1, 0.15) is 0 Å². The molecule has 1 nitrogen and oxygen atoms in total. The zero-order chi connectivity index (χ0) is 11.4. The Bertz CT molecular complexity index is 288. The van der Waals surface area contributed by atoms with Crippen molar-refractivity contribution in [2.24, 2.45) is 10.8 Å². The van der Waals surface area contributed by atoms with Gasteiger partial charge in [0.25, 0.3) is 0 Å². The van der Waals surface area contributed by atoms with Crippen LogP contribution in [-0.2, 0) is 4.79 Å². The highest BCUT2D eigenvalue weighted by Crippen LogP contribution is 2.55. The summed E-state index contributed by atoms with van der Waals surface area (Å²) in [6.07, 6.45) is -4.08. The maximum absolute atomic E-state index is 12.2. The number of Topliss-reactive ketones (excluding diaryl/α,β-unsaturated/α-hetero) is 1. The van der Waals surface area contributed by atoms with E-state index in [1.807, 2.05) is 0 Å². The van der Waals surface area contributed by atoms with Gasteiger partial charge >= 0.3 is 6.18 Å². The molecule has 1 aliphatic rings. The molecule has 0 atom stereocenters. The molecule has 1 fully saturated rings. The van der Waals surface area contributed by atoms with Crippen molar-refractivity contribution >= 4 is 5.78 Å². The van der Waals surface area contributed by atoms with Crippen LogP contribution in [0, 0.1) is 10.8 Å². The number of allylic oxidation sites excluding steroid dienone is 2. The lowest BCUT2D eigenvalue weighted by Gasteiger charge is -2.50. The van der Waals surface area contributed by atoms with Crippen molar-refractivity contribution in [1.82, 2.24) is 0 Å². The van der Waals surface area contributed by atoms with Crippen molar-refractivity contribution in [3.8, 4) is 0 Å². The average molecular weight is 206 g/mol. The van der Waals surface area contributed by atoms with E-state index < -0.39 is 17.0 Å². The molecular weight excluding hydrogens is 193 g/mol. The molecule has 0 aliphatic heterocycles. The highest BCUT2D eigenvalue weighted by atomic mass is 19.4. The molecule has 1 rings (SSSR count). The van der Waals surface area contributed by atoms with Crippen LogP contribution in [0.2, 0.25) is 0 Å². The molecule has 0 N–H and O–H groups in total. The van der Waals surface area contributed by atoms with E-state index in [-0.39, 0.29) is 17.4 Å². The number of ketones is 1. The fraction of sp³-hybridized carbons (Fsp3) is 0.700. The molecule has 1 aliphatic carbocycles. The Morgan fingerprint density at radius 3 is 1.71 bits per heavy atom. The lowest BCUT2D eigenvalue weighted by Crippen LogP contribution is -2.54. The number of carbonyl (C=O) groups excluding carboxylic acids is 1. The van der Waals surface area contributed by atoms with E-state index in [0.29, 0.717) is 0 Å². The maximum Gasteiger partial charge on any atom is 0.409 e. The fourth-order valence-corrected chi connectivity index (χ4v) is 2.27. The Kier molecular flexibility index (Phi) is 2.10. The second-order valence-electron chi connectivity index (χ2n) is 4.68. The van der Waals surface area contributed by atoms with Crippen LogP contribution in [0.15, 0.2) is 11.6 Å². The van der Waals surface area contributed by atoms with E-state index in [0.717, 1.165) is 0 Å². The SMILES string of the molecule is CC1(C)C(=O)C(C)(C)C1=CC(F)(F)F. The van der Waals surface area contributed by atoms with Gasteiger partial charge in [-0.2, -0.15) is 13.2 Å². The van der Waals surface area contributed by atoms with E-state index >= 15 is 0 Å². The zero-order valence-corrected chi connectivity index (χ0v) is 8.62. The van der Waals surface area contributed by atoms with E-state index in [1.165, 1.54) is 27.7 Å². The van der Waals surface area contributed by atoms with Gasteiger partial charge < -0.3 is 0 Å². The Labute approximate surface area is 81.0 Å². The van der Waals surface area contributed by atoms with Crippen LogP contribution in [0.1, 0.15) is 27.7 Å². The first-order chi connectivity index (χ1) is 5.99. The maximum atomic E-state index is 12.2. The van der Waals surface area contributed by atoms with Crippen molar-refractivity contribution in [2.75, 3.05) is 0 Å². The Morgan fingerprint density at radius 1 is 1.07 bits per heavy atom. The van der Waals surface area contributed by atoms with Crippen molar-refractivity contribution in [1.29, 1.82) is 0 Å². The summed E-state index contributed by atoms with van der Waals surface area (Å²) >= 11 is 0. The molecule has 0 aromatic rings. The minimum atomic E-state index is -4.34. The van der Waals surface area contributed by atoms with Crippen LogP contribution in [-0.4, -0.2) is 12.0 Å². The summed E-state index contributed by atoms with van der Waals surface area (Å²) in [4.78, 5) is 11.5. The van der Waals surface area contributed by atoms with Gasteiger partial charge in [0.2, 0.25) is 0 Å². The first-order valence-corrected chi connectivity index (χ1v) is 4.35. The first-order valence-electron chi connectivity index (χ1n) is 4.35. The zero-order valence-electron chi connectivity index (χ0n) is 8.62. The molecule has 0 unspecified atom stereocenters. The second kappa shape index (κ2) is 2.61. The molecule has 0 heterocycles. The number of hydrogen-bond acceptors (Lipinski definition) is 1. The summed E-state index contributed by atoms with van der Waals surface area (Å²) in [7, 11) is 0. The average Bonchev–Trinajstić information content (AvgIpc) is 1.97. The summed E-state index contributed by atoms with van der Waals surface area (Å²) in [5.74, 6) is -0.138. The van der Waals surface area contributed by atoms with Gasteiger partial charge in [-0.05, 0) is 33.3 Å². The topological polar surface area (TPSA) is 17.1 Å². The van der Waals surface area contributed by atoms with Gasteiger partial charge in [0.15, 0.2) is 5.78 Å². The molecule has 4 heteroatoms. The number of rotatable bonds is 0. The predicted molar refractivity (Wildman–Crippen MR) is 46.7 cm³/mol. The fourth-order valence-electron chi connectivity index (χ4n) is 2.27. The van der Waals surface area contributed by atoms with E-state index in [1.54, 1.807) is 0 Å². The van der Waals surface area contributed by atoms with Gasteiger partial charge in [-0.25, -0.2) is 0 Å². The third-order valence-corrected chi connectivity index (χ3v) is 2.79. The van der Waals surface area contributed by atoms with Crippen molar-refractivity contribution < 1.29 is 18.0 Å². The predicted octanol–water partition coefficient (Wildman–Crippen LogP) is 3.11. The van der Waals surface area contributed by atoms with Crippen molar-refractivity contribution in [3.05, 3.63) is 11.6 Å². The summed E-state index contributed by atoms with van der Waals surface area (Å²) < 4.78 is 36.5. The van der Waals surface area contributed by atoms with Gasteiger partial charge in [0.05, 0.1) is 0 Å². The van der Waals surface area contributed by atoms with Gasteiger partial charge in [-0.1, -0.05) is 0 Å². The van der Waals surface area contributed by atoms with E-state index in [9.17, 15) is 18.0 Å². The van der Waals surface area contributed by atoms with Gasteiger partial charge in [-0.3, -0.25) is 4.79 Å². The molecule has 0 amide bonds. The van der Waals surface area contributed by atoms with Gasteiger partial charge in [-0.15, -0.1) is 0 Å². The lowest BCUT2D eigenvalue weighted by atomic mass is 9.51. The molecule has 0 aromatic heterocycles. The Morgan fingerprint density at radius 2 is 1.43 bits per heavy atom. The highest BCUT2D eigenvalue weighted by Gasteiger charge is 2.58. The number of carbonyl (C=O) groups is 1. The molecule has 1 saturated carbocycles. The van der Waals surface area contributed by atoms with Crippen LogP contribution in [0.4, 0.5) is 13.2 Å². The van der Waals surface area contributed by atoms with Crippen molar-refractivity contribution in [3.63, 3.8) is 0 Å². The van der Waals surface area contributed by atoms with Crippen LogP contribution >= 0.6 is 0 Å². The first kappa shape index (κ1) is 11.3. The molecule has 0 spiro atoms. The molecular formula is C10H13F3O. The Hall–Kier alpha value is -0.800. The van der Waals surface area contributed by atoms with Crippen LogP contribution in [0.3, 0.4) is 0 Å². The molecule has 14 heavy (non-hydrogen) atoms. The molecule has 0 radical (unpaired) electrons. The Balaban J connectivity index is 3.13. The summed E-state index contributed by atoms with van der Waals surface area (Å²) in [5, 5.41) is 0. The molecule has 0 bridgehead atoms. The summed E-state index contributed by atoms with van der Waals surface area (Å²) in [6, 6.07) is 0. The van der Waals surface area contributed by atoms with Crippen LogP contribution in [0.5, 0.6) is 0 Å². The van der Waals surface area contributed by atoms with E-state index in [4.69, 9.17) is 0 Å². The molecule has 0 saturated heterocycles. The summed E-state index contributed by atoms with van der Waals surface area (Å²) in [5.41, 5.74) is -1.75. The number of halogens is 3. The van der Waals surface area contributed by atoms with Gasteiger partial charge in [0, 0.05) is 16.9 Å². The second-order valence-corrected chi connectivity index (χ2v) is 4.68. The monoisotopic (exact) mass is 206 g/mol. The molecule has 80 valence electrons. The van der Waals surface area contributed by atoms with Crippen molar-refractivity contribution in [2.45, 2.75) is 33.9 Å². The molecule has 0 aromatic carbocycles. The third kappa shape index (κ3) is 1.47. The minimum absolute atomic E-state index is 0.138. The highest BCUT2D eigenvalue weighted by molar-refractivity contribution is 6.03. The number of hydrogen-bond donors (Lipinski definition) is 0. The normalized spacial score (nSPS) is 24.5. The number of alkyl halides is 3. The lowest BCUT2D eigenvalue weighted by molar-refractivity contribution is -0.142. The largest absolute Gasteiger partial charge is 0.409 e. The smallest absolute Gasteiger partial charge is 0.298 e. The quantitative estimate of drug-likeness (QED) is 0.556. The standard InChI is InChI=1S/C10H13F3O/c1-8(2)6(5-10(11,12)13)9(3,4)7(8)14/h5H,1-4H3.